The van der Waals surface area contributed by atoms with Gasteiger partial charge in [-0.15, -0.1) is 0 Å². The maximum Gasteiger partial charge on any atom is 0.306 e. The topological polar surface area (TPSA) is 76.7 Å². The van der Waals surface area contributed by atoms with Gasteiger partial charge in [0.25, 0.3) is 0 Å². The van der Waals surface area contributed by atoms with Crippen molar-refractivity contribution in [1.29, 1.82) is 0 Å². The van der Waals surface area contributed by atoms with Crippen molar-refractivity contribution >= 4 is 34.9 Å². The molecule has 0 aliphatic heterocycles. The summed E-state index contributed by atoms with van der Waals surface area (Å²) < 4.78 is 10.9. The number of rotatable bonds is 14. The highest BCUT2D eigenvalue weighted by molar-refractivity contribution is 7.80. The summed E-state index contributed by atoms with van der Waals surface area (Å²) in [6.07, 6.45) is 6.29. The summed E-state index contributed by atoms with van der Waals surface area (Å²) in [7, 11) is 0. The average molecular weight is 471 g/mol. The van der Waals surface area contributed by atoms with E-state index in [0.717, 1.165) is 30.7 Å². The molecule has 1 amide bonds. The number of nitrogens with one attached hydrogen (secondary N) is 2. The zero-order valence-electron chi connectivity index (χ0n) is 19.3. The maximum absolute atomic E-state index is 12.0. The van der Waals surface area contributed by atoms with Crippen LogP contribution in [0, 0.1) is 0 Å². The third-order valence-electron chi connectivity index (χ3n) is 4.90. The number of anilines is 1. The number of amides is 1. The monoisotopic (exact) mass is 470 g/mol. The molecule has 0 aromatic heterocycles. The highest BCUT2D eigenvalue weighted by atomic mass is 32.1. The second-order valence-corrected chi connectivity index (χ2v) is 8.15. The normalized spacial score (nSPS) is 10.3. The Labute approximate surface area is 202 Å². The third-order valence-corrected chi connectivity index (χ3v) is 5.11. The van der Waals surface area contributed by atoms with E-state index < -0.39 is 0 Å². The molecule has 178 valence electrons. The van der Waals surface area contributed by atoms with Gasteiger partial charge in [-0.1, -0.05) is 56.5 Å². The minimum Gasteiger partial charge on any atom is -0.494 e. The first-order valence-electron chi connectivity index (χ1n) is 11.6. The largest absolute Gasteiger partial charge is 0.494 e. The maximum atomic E-state index is 12.0. The fourth-order valence-electron chi connectivity index (χ4n) is 3.10. The Balaban J connectivity index is 1.56. The lowest BCUT2D eigenvalue weighted by Gasteiger charge is -2.11. The van der Waals surface area contributed by atoms with E-state index in [-0.39, 0.29) is 29.8 Å². The molecule has 0 aliphatic carbocycles. The van der Waals surface area contributed by atoms with E-state index in [2.05, 4.69) is 17.6 Å². The van der Waals surface area contributed by atoms with Crippen LogP contribution in [0.15, 0.2) is 54.6 Å². The van der Waals surface area contributed by atoms with Crippen LogP contribution in [-0.4, -0.2) is 30.2 Å². The number of esters is 1. The van der Waals surface area contributed by atoms with Crippen molar-refractivity contribution < 1.29 is 19.1 Å². The van der Waals surface area contributed by atoms with E-state index >= 15 is 0 Å². The number of unbranched alkanes of at least 4 members (excludes halogenated alkanes) is 3. The molecule has 0 atom stereocenters. The molecule has 2 aromatic rings. The Morgan fingerprint density at radius 1 is 0.879 bits per heavy atom. The molecule has 0 radical (unpaired) electrons. The van der Waals surface area contributed by atoms with Gasteiger partial charge < -0.3 is 20.1 Å². The molecule has 0 saturated heterocycles. The van der Waals surface area contributed by atoms with Crippen LogP contribution in [0.1, 0.15) is 57.4 Å². The summed E-state index contributed by atoms with van der Waals surface area (Å²) in [5, 5.41) is 5.72. The molecule has 0 saturated carbocycles. The van der Waals surface area contributed by atoms with Crippen molar-refractivity contribution in [1.82, 2.24) is 5.32 Å². The van der Waals surface area contributed by atoms with Crippen molar-refractivity contribution in [2.45, 2.75) is 58.3 Å². The molecule has 2 aromatic carbocycles. The molecule has 2 rings (SSSR count). The minimum atomic E-state index is -0.387. The van der Waals surface area contributed by atoms with Crippen molar-refractivity contribution in [3.8, 4) is 5.75 Å². The quantitative estimate of drug-likeness (QED) is 0.218. The molecule has 0 spiro atoms. The average Bonchev–Trinajstić information content (AvgIpc) is 2.82. The first-order chi connectivity index (χ1) is 16.1. The molecule has 33 heavy (non-hydrogen) atoms. The van der Waals surface area contributed by atoms with Crippen LogP contribution in [-0.2, 0) is 20.7 Å². The van der Waals surface area contributed by atoms with Crippen LogP contribution < -0.4 is 15.4 Å². The van der Waals surface area contributed by atoms with Crippen molar-refractivity contribution in [3.63, 3.8) is 0 Å². The van der Waals surface area contributed by atoms with Crippen molar-refractivity contribution in [2.24, 2.45) is 0 Å². The number of carbonyl (C=O) groups excluding carboxylic acids is 2. The highest BCUT2D eigenvalue weighted by Gasteiger charge is 2.10. The summed E-state index contributed by atoms with van der Waals surface area (Å²) >= 11 is 5.18. The van der Waals surface area contributed by atoms with Gasteiger partial charge in [0.2, 0.25) is 5.91 Å². The van der Waals surface area contributed by atoms with Crippen LogP contribution in [0.3, 0.4) is 0 Å². The van der Waals surface area contributed by atoms with Crippen LogP contribution in [0.2, 0.25) is 0 Å². The molecule has 6 nitrogen and oxygen atoms in total. The molecular formula is C26H34N2O4S. The number of hydrogen-bond donors (Lipinski definition) is 2. The summed E-state index contributed by atoms with van der Waals surface area (Å²) in [6, 6.07) is 17.4. The van der Waals surface area contributed by atoms with Crippen LogP contribution >= 0.6 is 12.2 Å². The molecule has 0 fully saturated rings. The lowest BCUT2D eigenvalue weighted by atomic mass is 10.1. The fraction of sp³-hybridized carbons (Fsp3) is 0.423. The predicted molar refractivity (Wildman–Crippen MR) is 135 cm³/mol. The Kier molecular flexibility index (Phi) is 12.6. The summed E-state index contributed by atoms with van der Waals surface area (Å²) in [6.45, 7) is 3.23. The SMILES string of the molecule is CCCCCCOc1ccc(NC(=S)NC(=O)CCC(=O)OCCCc2ccccc2)cc1. The zero-order chi connectivity index (χ0) is 23.7. The second-order valence-electron chi connectivity index (χ2n) is 7.75. The third kappa shape index (κ3) is 12.0. The van der Waals surface area contributed by atoms with E-state index in [9.17, 15) is 9.59 Å². The van der Waals surface area contributed by atoms with Crippen LogP contribution in [0.25, 0.3) is 0 Å². The van der Waals surface area contributed by atoms with E-state index in [1.807, 2.05) is 54.6 Å². The molecule has 0 bridgehead atoms. The van der Waals surface area contributed by atoms with Gasteiger partial charge in [0.15, 0.2) is 5.11 Å². The van der Waals surface area contributed by atoms with E-state index in [1.54, 1.807) is 0 Å². The smallest absolute Gasteiger partial charge is 0.306 e. The number of hydrogen-bond acceptors (Lipinski definition) is 5. The first kappa shape index (κ1) is 26.3. The summed E-state index contributed by atoms with van der Waals surface area (Å²) in [5.41, 5.74) is 1.95. The van der Waals surface area contributed by atoms with Gasteiger partial charge in [0.1, 0.15) is 5.75 Å². The Bertz CT molecular complexity index is 856. The summed E-state index contributed by atoms with van der Waals surface area (Å²) in [5.74, 6) is 0.0809. The number of carbonyl (C=O) groups is 2. The second kappa shape index (κ2) is 15.8. The van der Waals surface area contributed by atoms with Gasteiger partial charge in [-0.05, 0) is 61.3 Å². The Morgan fingerprint density at radius 2 is 1.64 bits per heavy atom. The Hall–Kier alpha value is -2.93. The lowest BCUT2D eigenvalue weighted by Crippen LogP contribution is -2.34. The molecule has 0 unspecified atom stereocenters. The van der Waals surface area contributed by atoms with Crippen LogP contribution in [0.5, 0.6) is 5.75 Å². The standard InChI is InChI=1S/C26H34N2O4S/c1-2-3-4-8-19-31-23-15-13-22(14-16-23)27-26(33)28-24(29)17-18-25(30)32-20-9-12-21-10-6-5-7-11-21/h5-7,10-11,13-16H,2-4,8-9,12,17-20H2,1H3,(H2,27,28,29,33). The van der Waals surface area contributed by atoms with Gasteiger partial charge in [0, 0.05) is 12.1 Å². The van der Waals surface area contributed by atoms with Gasteiger partial charge in [-0.2, -0.15) is 0 Å². The van der Waals surface area contributed by atoms with Crippen LogP contribution in [0.4, 0.5) is 5.69 Å². The van der Waals surface area contributed by atoms with Gasteiger partial charge in [0.05, 0.1) is 19.6 Å². The zero-order valence-corrected chi connectivity index (χ0v) is 20.1. The predicted octanol–water partition coefficient (Wildman–Crippen LogP) is 5.41. The molecule has 7 heteroatoms. The summed E-state index contributed by atoms with van der Waals surface area (Å²) in [4.78, 5) is 23.9. The molecule has 0 heterocycles. The van der Waals surface area contributed by atoms with E-state index in [1.165, 1.54) is 24.8 Å². The van der Waals surface area contributed by atoms with E-state index in [0.29, 0.717) is 13.2 Å². The number of aryl methyl sites for hydroxylation is 1. The minimum absolute atomic E-state index is 0.0179. The highest BCUT2D eigenvalue weighted by Crippen LogP contribution is 2.16. The van der Waals surface area contributed by atoms with E-state index in [4.69, 9.17) is 21.7 Å². The Morgan fingerprint density at radius 3 is 2.36 bits per heavy atom. The first-order valence-corrected chi connectivity index (χ1v) is 12.0. The number of thiocarbonyl (C=S) groups is 1. The van der Waals surface area contributed by atoms with Crippen molar-refractivity contribution in [2.75, 3.05) is 18.5 Å². The number of ether oxygens (including phenoxy) is 2. The number of benzene rings is 2. The van der Waals surface area contributed by atoms with Crippen molar-refractivity contribution in [3.05, 3.63) is 60.2 Å². The van der Waals surface area contributed by atoms with Gasteiger partial charge in [-0.25, -0.2) is 0 Å². The fourth-order valence-corrected chi connectivity index (χ4v) is 3.33. The lowest BCUT2D eigenvalue weighted by molar-refractivity contribution is -0.145. The molecule has 0 aliphatic rings. The van der Waals surface area contributed by atoms with Gasteiger partial charge in [-0.3, -0.25) is 9.59 Å². The molecule has 2 N–H and O–H groups in total. The van der Waals surface area contributed by atoms with Gasteiger partial charge >= 0.3 is 5.97 Å². The molecular weight excluding hydrogens is 436 g/mol.